The molecule has 1 aromatic heterocycles. The fourth-order valence-corrected chi connectivity index (χ4v) is 6.57. The lowest BCUT2D eigenvalue weighted by molar-refractivity contribution is -0.127. The van der Waals surface area contributed by atoms with Gasteiger partial charge in [-0.2, -0.15) is 0 Å². The molecule has 1 heterocycles. The predicted molar refractivity (Wildman–Crippen MR) is 193 cm³/mol. The molecule has 0 aliphatic heterocycles. The molecule has 3 aromatic carbocycles. The van der Waals surface area contributed by atoms with E-state index in [-0.39, 0.29) is 35.8 Å². The first-order valence-electron chi connectivity index (χ1n) is 16.3. The van der Waals surface area contributed by atoms with Gasteiger partial charge < -0.3 is 25.5 Å². The van der Waals surface area contributed by atoms with Crippen molar-refractivity contribution in [1.29, 1.82) is 0 Å². The van der Waals surface area contributed by atoms with Crippen LogP contribution in [0.2, 0.25) is 10.0 Å². The van der Waals surface area contributed by atoms with Gasteiger partial charge in [0.2, 0.25) is 5.91 Å². The van der Waals surface area contributed by atoms with Gasteiger partial charge in [0.15, 0.2) is 0 Å². The smallest absolute Gasteiger partial charge is 0.335 e. The standard InChI is InChI=1S/C37H42Cl2N4O4.ClH/c1-2-3-18-43-22-34(31-17-14-29(38)20-32(31)39)41-35(43)33(42-36(44)27-10-4-25(21-40)5-11-27)19-24-8-15-30(16-9-24)47-23-26-6-12-28(13-7-26)37(45)46;/h6-9,12-17,20,22,25,27,33H,2-5,10-11,18-19,21,23,40H2,1H3,(H,42,44)(H,45,46);1H/t25-,27-,33-;/m0./s1. The number of ether oxygens (including phenoxy) is 1. The molecule has 4 aromatic rings. The van der Waals surface area contributed by atoms with Crippen LogP contribution in [0.15, 0.2) is 72.9 Å². The molecule has 1 aliphatic rings. The van der Waals surface area contributed by atoms with Gasteiger partial charge in [-0.1, -0.05) is 60.8 Å². The Morgan fingerprint density at radius 2 is 1.71 bits per heavy atom. The van der Waals surface area contributed by atoms with Crippen LogP contribution in [0, 0.1) is 11.8 Å². The van der Waals surface area contributed by atoms with Crippen molar-refractivity contribution in [2.75, 3.05) is 6.54 Å². The zero-order valence-electron chi connectivity index (χ0n) is 27.0. The molecule has 4 N–H and O–H groups in total. The fraction of sp³-hybridized carbons (Fsp3) is 0.378. The number of halogens is 3. The van der Waals surface area contributed by atoms with Crippen LogP contribution in [0.25, 0.3) is 11.3 Å². The maximum Gasteiger partial charge on any atom is 0.335 e. The first-order valence-corrected chi connectivity index (χ1v) is 17.1. The monoisotopic (exact) mass is 712 g/mol. The fourth-order valence-electron chi connectivity index (χ4n) is 6.07. The van der Waals surface area contributed by atoms with E-state index in [4.69, 9.17) is 43.8 Å². The van der Waals surface area contributed by atoms with Crippen LogP contribution in [-0.4, -0.2) is 33.1 Å². The molecule has 1 aliphatic carbocycles. The second-order valence-corrected chi connectivity index (χ2v) is 13.2. The van der Waals surface area contributed by atoms with Crippen molar-refractivity contribution >= 4 is 47.5 Å². The Balaban J connectivity index is 0.00000520. The summed E-state index contributed by atoms with van der Waals surface area (Å²) in [6.07, 6.45) is 8.14. The Morgan fingerprint density at radius 3 is 2.33 bits per heavy atom. The summed E-state index contributed by atoms with van der Waals surface area (Å²) in [4.78, 5) is 29.9. The normalized spacial score (nSPS) is 16.5. The van der Waals surface area contributed by atoms with Crippen LogP contribution >= 0.6 is 35.6 Å². The molecule has 11 heteroatoms. The highest BCUT2D eigenvalue weighted by atomic mass is 35.5. The van der Waals surface area contributed by atoms with Crippen molar-refractivity contribution in [2.24, 2.45) is 17.6 Å². The summed E-state index contributed by atoms with van der Waals surface area (Å²) < 4.78 is 8.12. The minimum atomic E-state index is -0.959. The number of nitrogens with two attached hydrogens (primary N) is 1. The zero-order chi connectivity index (χ0) is 33.3. The summed E-state index contributed by atoms with van der Waals surface area (Å²) in [6, 6.07) is 19.5. The number of aromatic carboxylic acids is 1. The molecule has 48 heavy (non-hydrogen) atoms. The Labute approximate surface area is 298 Å². The Kier molecular flexibility index (Phi) is 13.8. The van der Waals surface area contributed by atoms with E-state index in [1.165, 1.54) is 0 Å². The van der Waals surface area contributed by atoms with Crippen LogP contribution in [-0.2, 0) is 24.4 Å². The highest BCUT2D eigenvalue weighted by molar-refractivity contribution is 6.36. The van der Waals surface area contributed by atoms with Crippen LogP contribution in [0.4, 0.5) is 0 Å². The predicted octanol–water partition coefficient (Wildman–Crippen LogP) is 8.52. The third-order valence-corrected chi connectivity index (χ3v) is 9.46. The molecule has 0 bridgehead atoms. The second kappa shape index (κ2) is 17.7. The van der Waals surface area contributed by atoms with Crippen LogP contribution < -0.4 is 15.8 Å². The largest absolute Gasteiger partial charge is 0.489 e. The van der Waals surface area contributed by atoms with E-state index in [1.54, 1.807) is 36.4 Å². The maximum absolute atomic E-state index is 13.7. The Hall–Kier alpha value is -3.56. The van der Waals surface area contributed by atoms with E-state index in [1.807, 2.05) is 36.5 Å². The first kappa shape index (κ1) is 37.3. The van der Waals surface area contributed by atoms with Crippen molar-refractivity contribution in [3.63, 3.8) is 0 Å². The molecule has 1 fully saturated rings. The number of nitrogens with zero attached hydrogens (tertiary/aromatic N) is 2. The molecule has 8 nitrogen and oxygen atoms in total. The number of benzene rings is 3. The topological polar surface area (TPSA) is 119 Å². The molecule has 1 atom stereocenters. The lowest BCUT2D eigenvalue weighted by Crippen LogP contribution is -2.38. The van der Waals surface area contributed by atoms with E-state index in [0.717, 1.165) is 73.3 Å². The van der Waals surface area contributed by atoms with Crippen molar-refractivity contribution in [1.82, 2.24) is 14.9 Å². The summed E-state index contributed by atoms with van der Waals surface area (Å²) in [5.41, 5.74) is 9.57. The molecular weight excluding hydrogens is 671 g/mol. The highest BCUT2D eigenvalue weighted by Gasteiger charge is 2.29. The van der Waals surface area contributed by atoms with Gasteiger partial charge in [-0.05, 0) is 105 Å². The number of carbonyl (C=O) groups excluding carboxylic acids is 1. The molecule has 0 radical (unpaired) electrons. The van der Waals surface area contributed by atoms with E-state index in [2.05, 4.69) is 16.8 Å². The van der Waals surface area contributed by atoms with Gasteiger partial charge in [-0.3, -0.25) is 4.79 Å². The third-order valence-electron chi connectivity index (χ3n) is 8.92. The average molecular weight is 714 g/mol. The average Bonchev–Trinajstić information content (AvgIpc) is 3.50. The number of carboxylic acids is 1. The van der Waals surface area contributed by atoms with Crippen LogP contribution in [0.5, 0.6) is 5.75 Å². The summed E-state index contributed by atoms with van der Waals surface area (Å²) in [5.74, 6) is 1.00. The van der Waals surface area contributed by atoms with Crippen molar-refractivity contribution in [3.05, 3.63) is 105 Å². The van der Waals surface area contributed by atoms with Gasteiger partial charge in [-0.15, -0.1) is 12.4 Å². The van der Waals surface area contributed by atoms with Gasteiger partial charge in [0.25, 0.3) is 0 Å². The van der Waals surface area contributed by atoms with E-state index >= 15 is 0 Å². The number of unbranched alkanes of at least 4 members (excludes halogenated alkanes) is 1. The summed E-state index contributed by atoms with van der Waals surface area (Å²) in [6.45, 7) is 3.89. The number of aryl methyl sites for hydroxylation is 1. The van der Waals surface area contributed by atoms with Gasteiger partial charge in [0.05, 0.1) is 22.3 Å². The van der Waals surface area contributed by atoms with E-state index in [9.17, 15) is 9.59 Å². The molecule has 0 saturated heterocycles. The minimum absolute atomic E-state index is 0. The molecule has 0 unspecified atom stereocenters. The summed E-state index contributed by atoms with van der Waals surface area (Å²) >= 11 is 12.8. The Bertz CT molecular complexity index is 1650. The molecule has 5 rings (SSSR count). The lowest BCUT2D eigenvalue weighted by Gasteiger charge is -2.29. The zero-order valence-corrected chi connectivity index (χ0v) is 29.4. The minimum Gasteiger partial charge on any atom is -0.489 e. The maximum atomic E-state index is 13.7. The third kappa shape index (κ3) is 9.75. The van der Waals surface area contributed by atoms with E-state index in [0.29, 0.717) is 41.3 Å². The number of carboxylic acid groups (broad SMARTS) is 1. The van der Waals surface area contributed by atoms with Gasteiger partial charge in [0.1, 0.15) is 18.2 Å². The SMILES string of the molecule is CCCCn1cc(-c2ccc(Cl)cc2Cl)nc1[C@H](Cc1ccc(OCc2ccc(C(=O)O)cc2)cc1)NC(=O)[C@H]1CC[C@H](CN)CC1.Cl. The van der Waals surface area contributed by atoms with E-state index < -0.39 is 5.97 Å². The number of hydrogen-bond donors (Lipinski definition) is 3. The number of carbonyl (C=O) groups is 2. The molecule has 1 saturated carbocycles. The number of nitrogens with one attached hydrogen (secondary N) is 1. The highest BCUT2D eigenvalue weighted by Crippen LogP contribution is 2.33. The van der Waals surface area contributed by atoms with Crippen molar-refractivity contribution in [3.8, 4) is 17.0 Å². The number of imidazole rings is 1. The van der Waals surface area contributed by atoms with Crippen LogP contribution in [0.3, 0.4) is 0 Å². The number of aromatic nitrogens is 2. The van der Waals surface area contributed by atoms with Crippen LogP contribution in [0.1, 0.15) is 78.8 Å². The number of amides is 1. The van der Waals surface area contributed by atoms with Crippen molar-refractivity contribution in [2.45, 2.75) is 71.1 Å². The van der Waals surface area contributed by atoms with Gasteiger partial charge >= 0.3 is 5.97 Å². The quantitative estimate of drug-likeness (QED) is 0.121. The molecular formula is C37H43Cl3N4O4. The molecule has 1 amide bonds. The van der Waals surface area contributed by atoms with Gasteiger partial charge in [-0.25, -0.2) is 9.78 Å². The Morgan fingerprint density at radius 1 is 1.02 bits per heavy atom. The summed E-state index contributed by atoms with van der Waals surface area (Å²) in [5, 5.41) is 13.6. The number of rotatable bonds is 14. The molecule has 0 spiro atoms. The lowest BCUT2D eigenvalue weighted by atomic mass is 9.81. The van der Waals surface area contributed by atoms with Crippen molar-refractivity contribution < 1.29 is 19.4 Å². The first-order chi connectivity index (χ1) is 22.7. The second-order valence-electron chi connectivity index (χ2n) is 12.3. The van der Waals surface area contributed by atoms with Gasteiger partial charge in [0, 0.05) is 29.2 Å². The number of hydrogen-bond acceptors (Lipinski definition) is 5. The molecule has 256 valence electrons. The summed E-state index contributed by atoms with van der Waals surface area (Å²) in [7, 11) is 0.